The summed E-state index contributed by atoms with van der Waals surface area (Å²) in [4.78, 5) is 31.4. The Hall–Kier alpha value is -3.88. The molecule has 1 aliphatic rings. The number of carbonyl (C=O) groups is 1. The first-order valence-electron chi connectivity index (χ1n) is 10.3. The van der Waals surface area contributed by atoms with Crippen LogP contribution in [-0.2, 0) is 6.54 Å². The lowest BCUT2D eigenvalue weighted by molar-refractivity contribution is 0.129. The Morgan fingerprint density at radius 2 is 1.94 bits per heavy atom. The number of aliphatic hydroxyl groups is 1. The third-order valence-corrected chi connectivity index (χ3v) is 5.87. The highest BCUT2D eigenvalue weighted by Crippen LogP contribution is 2.35. The number of nitrogens with one attached hydrogen (secondary N) is 2. The number of anilines is 1. The van der Waals surface area contributed by atoms with Gasteiger partial charge in [0.05, 0.1) is 23.6 Å². The van der Waals surface area contributed by atoms with Gasteiger partial charge in [0.25, 0.3) is 5.56 Å². The molecule has 3 N–H and O–H groups in total. The molecule has 11 heteroatoms. The zero-order chi connectivity index (χ0) is 24.6. The molecule has 0 fully saturated rings. The van der Waals surface area contributed by atoms with E-state index in [1.54, 1.807) is 6.07 Å². The van der Waals surface area contributed by atoms with E-state index in [1.807, 2.05) is 4.90 Å². The maximum absolute atomic E-state index is 14.1. The second-order valence-corrected chi connectivity index (χ2v) is 7.98. The molecule has 8 nitrogen and oxygen atoms in total. The maximum atomic E-state index is 14.1. The number of nitriles is 1. The van der Waals surface area contributed by atoms with Gasteiger partial charge in [-0.1, -0.05) is 0 Å². The smallest absolute Gasteiger partial charge is 0.322 e. The largest absolute Gasteiger partial charge is 0.395 e. The fourth-order valence-electron chi connectivity index (χ4n) is 4.19. The average Bonchev–Trinajstić information content (AvgIpc) is 2.80. The van der Waals surface area contributed by atoms with Crippen LogP contribution in [0.25, 0.3) is 10.8 Å². The number of pyridine rings is 1. The molecule has 0 aliphatic carbocycles. The molecule has 2 amide bonds. The highest BCUT2D eigenvalue weighted by atomic mass is 19.2. The van der Waals surface area contributed by atoms with Gasteiger partial charge in [-0.15, -0.1) is 0 Å². The number of hydrogen-bond acceptors (Lipinski definition) is 5. The summed E-state index contributed by atoms with van der Waals surface area (Å²) in [5.74, 6) is -3.01. The van der Waals surface area contributed by atoms with Crippen LogP contribution in [-0.4, -0.2) is 52.7 Å². The van der Waals surface area contributed by atoms with Crippen molar-refractivity contribution < 1.29 is 23.1 Å². The van der Waals surface area contributed by atoms with Gasteiger partial charge in [0.15, 0.2) is 11.6 Å². The van der Waals surface area contributed by atoms with Crippen molar-refractivity contribution in [2.24, 2.45) is 0 Å². The zero-order valence-corrected chi connectivity index (χ0v) is 18.0. The van der Waals surface area contributed by atoms with Crippen LogP contribution in [0.1, 0.15) is 22.9 Å². The van der Waals surface area contributed by atoms with Gasteiger partial charge in [0.1, 0.15) is 11.9 Å². The normalized spacial score (nSPS) is 15.6. The summed E-state index contributed by atoms with van der Waals surface area (Å²) in [5, 5.41) is 21.1. The number of aromatic amines is 1. The van der Waals surface area contributed by atoms with Crippen molar-refractivity contribution in [3.8, 4) is 6.07 Å². The van der Waals surface area contributed by atoms with Crippen molar-refractivity contribution in [2.45, 2.75) is 12.6 Å². The summed E-state index contributed by atoms with van der Waals surface area (Å²) < 4.78 is 41.6. The highest BCUT2D eigenvalue weighted by Gasteiger charge is 2.33. The fraction of sp³-hybridized carbons (Fsp3) is 0.261. The third-order valence-electron chi connectivity index (χ3n) is 5.87. The van der Waals surface area contributed by atoms with E-state index in [1.165, 1.54) is 24.1 Å². The summed E-state index contributed by atoms with van der Waals surface area (Å²) in [5.41, 5.74) is 0.231. The molecular formula is C23H20F3N5O3. The van der Waals surface area contributed by atoms with Gasteiger partial charge >= 0.3 is 6.03 Å². The third kappa shape index (κ3) is 4.21. The molecule has 0 saturated heterocycles. The van der Waals surface area contributed by atoms with Gasteiger partial charge in [-0.2, -0.15) is 5.26 Å². The van der Waals surface area contributed by atoms with Crippen molar-refractivity contribution in [2.75, 3.05) is 32.1 Å². The second kappa shape index (κ2) is 9.17. The Labute approximate surface area is 191 Å². The lowest BCUT2D eigenvalue weighted by atomic mass is 9.93. The van der Waals surface area contributed by atoms with Gasteiger partial charge in [-0.05, 0) is 35.7 Å². The zero-order valence-electron chi connectivity index (χ0n) is 18.0. The number of urea groups is 1. The van der Waals surface area contributed by atoms with Crippen LogP contribution in [0.15, 0.2) is 35.1 Å². The minimum absolute atomic E-state index is 0.0516. The minimum Gasteiger partial charge on any atom is -0.395 e. The van der Waals surface area contributed by atoms with Gasteiger partial charge < -0.3 is 20.3 Å². The number of carbonyl (C=O) groups excluding carboxylic acids is 1. The molecule has 0 unspecified atom stereocenters. The number of benzene rings is 2. The van der Waals surface area contributed by atoms with Gasteiger partial charge in [0.2, 0.25) is 0 Å². The van der Waals surface area contributed by atoms with Gasteiger partial charge in [-0.3, -0.25) is 9.69 Å². The number of nitrogens with zero attached hydrogens (tertiary/aromatic N) is 3. The summed E-state index contributed by atoms with van der Waals surface area (Å²) in [7, 11) is 1.48. The summed E-state index contributed by atoms with van der Waals surface area (Å²) in [6.45, 7) is 0.564. The SMILES string of the molecule is CN(C(=O)Nc1ccc(F)c(C#N)c1)[C@@H]1CN(CCO)Cc2[nH]c(=O)c3cc(F)c(F)cc3c21. The van der Waals surface area contributed by atoms with Crippen LogP contribution in [0.2, 0.25) is 0 Å². The minimum atomic E-state index is -1.16. The number of fused-ring (bicyclic) bond motifs is 3. The van der Waals surface area contributed by atoms with Crippen LogP contribution in [0.3, 0.4) is 0 Å². The Morgan fingerprint density at radius 3 is 2.62 bits per heavy atom. The summed E-state index contributed by atoms with van der Waals surface area (Å²) in [6.07, 6.45) is 0. The fourth-order valence-corrected chi connectivity index (χ4v) is 4.19. The van der Waals surface area contributed by atoms with Crippen LogP contribution in [0.4, 0.5) is 23.7 Å². The molecule has 0 saturated carbocycles. The number of hydrogen-bond donors (Lipinski definition) is 3. The first kappa shape index (κ1) is 23.3. The van der Waals surface area contributed by atoms with E-state index in [2.05, 4.69) is 10.3 Å². The van der Waals surface area contributed by atoms with Crippen LogP contribution >= 0.6 is 0 Å². The molecule has 34 heavy (non-hydrogen) atoms. The van der Waals surface area contributed by atoms with Crippen LogP contribution < -0.4 is 10.9 Å². The van der Waals surface area contributed by atoms with Crippen molar-refractivity contribution in [1.82, 2.24) is 14.8 Å². The lowest BCUT2D eigenvalue weighted by Gasteiger charge is -2.39. The Morgan fingerprint density at radius 1 is 1.24 bits per heavy atom. The molecular weight excluding hydrogens is 451 g/mol. The number of H-pyrrole nitrogens is 1. The summed E-state index contributed by atoms with van der Waals surface area (Å²) >= 11 is 0. The van der Waals surface area contributed by atoms with E-state index in [4.69, 9.17) is 5.26 Å². The number of rotatable bonds is 4. The highest BCUT2D eigenvalue weighted by molar-refractivity contribution is 5.91. The Bertz CT molecular complexity index is 1380. The standard InChI is InChI=1S/C23H20F3N5O3/c1-30(23(34)28-13-2-3-16(24)12(6-13)9-27)20-11-31(4-5-32)10-19-21(20)14-7-17(25)18(26)8-15(14)22(33)29-19/h2-3,6-8,20,32H,4-5,10-11H2,1H3,(H,28,34)(H,29,33)/t20-/m1/s1. The molecule has 176 valence electrons. The van der Waals surface area contributed by atoms with Gasteiger partial charge in [-0.25, -0.2) is 18.0 Å². The van der Waals surface area contributed by atoms with E-state index in [-0.39, 0.29) is 48.3 Å². The average molecular weight is 471 g/mol. The molecule has 1 aliphatic heterocycles. The number of likely N-dealkylation sites (N-methyl/N-ethyl adjacent to an activating group) is 1. The number of aromatic nitrogens is 1. The molecule has 1 atom stereocenters. The quantitative estimate of drug-likeness (QED) is 0.542. The molecule has 2 heterocycles. The first-order chi connectivity index (χ1) is 16.2. The number of halogens is 3. The number of aliphatic hydroxyl groups excluding tert-OH is 1. The van der Waals surface area contributed by atoms with Gasteiger partial charge in [0, 0.05) is 43.6 Å². The van der Waals surface area contributed by atoms with E-state index in [0.717, 1.165) is 18.2 Å². The molecule has 3 aromatic rings. The Kier molecular flexibility index (Phi) is 6.28. The number of amides is 2. The van der Waals surface area contributed by atoms with Crippen molar-refractivity contribution in [1.29, 1.82) is 5.26 Å². The van der Waals surface area contributed by atoms with E-state index < -0.39 is 35.1 Å². The van der Waals surface area contributed by atoms with Crippen LogP contribution in [0.5, 0.6) is 0 Å². The monoisotopic (exact) mass is 471 g/mol. The Balaban J connectivity index is 1.77. The molecule has 0 radical (unpaired) electrons. The van der Waals surface area contributed by atoms with E-state index >= 15 is 0 Å². The first-order valence-corrected chi connectivity index (χ1v) is 10.3. The molecule has 2 aromatic carbocycles. The lowest BCUT2D eigenvalue weighted by Crippen LogP contribution is -2.46. The molecule has 0 bridgehead atoms. The van der Waals surface area contributed by atoms with E-state index in [9.17, 15) is 27.9 Å². The van der Waals surface area contributed by atoms with Crippen molar-refractivity contribution >= 4 is 22.5 Å². The molecule has 1 aromatic heterocycles. The number of β-amino-alcohol motifs (C(OH)–C–C–N with tert-alkyl or cyclic N) is 1. The predicted octanol–water partition coefficient (Wildman–Crippen LogP) is 2.83. The predicted molar refractivity (Wildman–Crippen MR) is 117 cm³/mol. The summed E-state index contributed by atoms with van der Waals surface area (Å²) in [6, 6.07) is 5.70. The molecule has 0 spiro atoms. The molecule has 4 rings (SSSR count). The van der Waals surface area contributed by atoms with Crippen molar-refractivity contribution in [3.63, 3.8) is 0 Å². The van der Waals surface area contributed by atoms with Crippen LogP contribution in [0, 0.1) is 28.8 Å². The topological polar surface area (TPSA) is 112 Å². The van der Waals surface area contributed by atoms with Crippen molar-refractivity contribution in [3.05, 3.63) is 75.0 Å². The maximum Gasteiger partial charge on any atom is 0.322 e. The van der Waals surface area contributed by atoms with E-state index in [0.29, 0.717) is 11.3 Å². The second-order valence-electron chi connectivity index (χ2n) is 7.98.